The van der Waals surface area contributed by atoms with Gasteiger partial charge in [0.15, 0.2) is 11.9 Å². The van der Waals surface area contributed by atoms with Crippen LogP contribution in [0.1, 0.15) is 13.0 Å². The molecular weight excluding hydrogens is 370 g/mol. The van der Waals surface area contributed by atoms with Crippen molar-refractivity contribution in [3.05, 3.63) is 48.8 Å². The second kappa shape index (κ2) is 8.03. The number of morpholine rings is 1. The van der Waals surface area contributed by atoms with Crippen LogP contribution in [0.3, 0.4) is 0 Å². The second-order valence-electron chi connectivity index (χ2n) is 6.22. The van der Waals surface area contributed by atoms with Crippen molar-refractivity contribution < 1.29 is 27.6 Å². The first-order valence-electron chi connectivity index (χ1n) is 8.56. The minimum Gasteiger partial charge on any atom is -0.503 e. The van der Waals surface area contributed by atoms with Gasteiger partial charge in [-0.2, -0.15) is 8.87 Å². The first-order chi connectivity index (χ1) is 12.9. The van der Waals surface area contributed by atoms with Gasteiger partial charge in [-0.05, 0) is 30.3 Å². The van der Waals surface area contributed by atoms with Crippen LogP contribution in [0.25, 0.3) is 0 Å². The zero-order valence-electron chi connectivity index (χ0n) is 14.9. The molecule has 144 valence electrons. The lowest BCUT2D eigenvalue weighted by atomic mass is 10.2. The number of nitrogens with zero attached hydrogens (tertiary/aromatic N) is 2. The maximum atomic E-state index is 12.6. The Balaban J connectivity index is 1.69. The molecule has 1 fully saturated rings. The summed E-state index contributed by atoms with van der Waals surface area (Å²) in [5.74, 6) is -0.218. The number of rotatable bonds is 5. The van der Waals surface area contributed by atoms with Crippen LogP contribution in [0.5, 0.6) is 5.75 Å². The highest BCUT2D eigenvalue weighted by atomic mass is 32.2. The molecule has 1 aliphatic heterocycles. The van der Waals surface area contributed by atoms with Crippen LogP contribution >= 0.6 is 0 Å². The smallest absolute Gasteiger partial charge is 0.293 e. The van der Waals surface area contributed by atoms with Crippen molar-refractivity contribution in [2.45, 2.75) is 17.9 Å². The van der Waals surface area contributed by atoms with E-state index in [4.69, 9.17) is 4.74 Å². The molecule has 8 nitrogen and oxygen atoms in total. The van der Waals surface area contributed by atoms with Gasteiger partial charge in [0, 0.05) is 31.8 Å². The standard InChI is InChI=1S/C18H21N3O5S/c1-14(20-8-2-3-16(22)13-20)18(23)19-15-4-6-17(7-5-15)27(24,25)21-9-11-26-12-10-21/h2-8,13-14H,9-12H2,1H3,(H-,19,22,23)/p+1/t14-/m0/s1. The third-order valence-corrected chi connectivity index (χ3v) is 6.28. The molecule has 2 aromatic rings. The highest BCUT2D eigenvalue weighted by Crippen LogP contribution is 2.20. The molecule has 1 aromatic heterocycles. The van der Waals surface area contributed by atoms with E-state index in [9.17, 15) is 18.3 Å². The number of carbonyl (C=O) groups excluding carboxylic acids is 1. The minimum atomic E-state index is -3.56. The van der Waals surface area contributed by atoms with Gasteiger partial charge in [-0.15, -0.1) is 0 Å². The molecule has 3 rings (SSSR count). The monoisotopic (exact) mass is 392 g/mol. The lowest BCUT2D eigenvalue weighted by Gasteiger charge is -2.26. The average Bonchev–Trinajstić information content (AvgIpc) is 2.68. The van der Waals surface area contributed by atoms with Gasteiger partial charge in [0.05, 0.1) is 18.1 Å². The molecule has 9 heteroatoms. The minimum absolute atomic E-state index is 0.0647. The summed E-state index contributed by atoms with van der Waals surface area (Å²) < 4.78 is 33.4. The van der Waals surface area contributed by atoms with Gasteiger partial charge in [-0.1, -0.05) is 0 Å². The summed E-state index contributed by atoms with van der Waals surface area (Å²) in [7, 11) is -3.56. The number of nitrogens with one attached hydrogen (secondary N) is 1. The highest BCUT2D eigenvalue weighted by Gasteiger charge is 2.26. The predicted octanol–water partition coefficient (Wildman–Crippen LogP) is 0.900. The highest BCUT2D eigenvalue weighted by molar-refractivity contribution is 7.89. The fraction of sp³-hybridized carbons (Fsp3) is 0.333. The molecule has 1 saturated heterocycles. The molecular formula is C18H22N3O5S+. The van der Waals surface area contributed by atoms with E-state index < -0.39 is 16.1 Å². The van der Waals surface area contributed by atoms with Crippen molar-refractivity contribution in [1.82, 2.24) is 4.31 Å². The van der Waals surface area contributed by atoms with E-state index in [1.807, 2.05) is 0 Å². The summed E-state index contributed by atoms with van der Waals surface area (Å²) in [6.07, 6.45) is 3.14. The number of benzene rings is 1. The Morgan fingerprint density at radius 3 is 2.52 bits per heavy atom. The van der Waals surface area contributed by atoms with Crippen LogP contribution in [0, 0.1) is 0 Å². The van der Waals surface area contributed by atoms with E-state index in [-0.39, 0.29) is 16.6 Å². The molecule has 0 aliphatic carbocycles. The van der Waals surface area contributed by atoms with Crippen LogP contribution in [-0.4, -0.2) is 50.0 Å². The molecule has 0 saturated carbocycles. The van der Waals surface area contributed by atoms with Crippen LogP contribution in [0.15, 0.2) is 53.7 Å². The van der Waals surface area contributed by atoms with Crippen molar-refractivity contribution in [3.63, 3.8) is 0 Å². The maximum Gasteiger partial charge on any atom is 0.293 e. The Bertz CT molecular complexity index is 909. The topological polar surface area (TPSA) is 99.8 Å². The van der Waals surface area contributed by atoms with Crippen molar-refractivity contribution in [3.8, 4) is 5.75 Å². The predicted molar refractivity (Wildman–Crippen MR) is 97.7 cm³/mol. The summed E-state index contributed by atoms with van der Waals surface area (Å²) in [6, 6.07) is 8.70. The number of ether oxygens (including phenoxy) is 1. The summed E-state index contributed by atoms with van der Waals surface area (Å²) in [4.78, 5) is 12.6. The number of aromatic hydroxyl groups is 1. The van der Waals surface area contributed by atoms with Crippen molar-refractivity contribution in [2.24, 2.45) is 0 Å². The molecule has 1 atom stereocenters. The van der Waals surface area contributed by atoms with Gasteiger partial charge in [-0.25, -0.2) is 8.42 Å². The zero-order chi connectivity index (χ0) is 19.4. The normalized spacial score (nSPS) is 16.6. The molecule has 0 spiro atoms. The Hall–Kier alpha value is -2.49. The molecule has 2 N–H and O–H groups in total. The number of aromatic nitrogens is 1. The van der Waals surface area contributed by atoms with E-state index in [0.717, 1.165) is 0 Å². The largest absolute Gasteiger partial charge is 0.503 e. The molecule has 1 amide bonds. The lowest BCUT2D eigenvalue weighted by molar-refractivity contribution is -0.705. The van der Waals surface area contributed by atoms with E-state index in [2.05, 4.69) is 5.32 Å². The van der Waals surface area contributed by atoms with Crippen molar-refractivity contribution in [2.75, 3.05) is 31.6 Å². The summed E-state index contributed by atoms with van der Waals surface area (Å²) in [5, 5.41) is 12.3. The summed E-state index contributed by atoms with van der Waals surface area (Å²) >= 11 is 0. The van der Waals surface area contributed by atoms with Crippen molar-refractivity contribution in [1.29, 1.82) is 0 Å². The molecule has 1 aromatic carbocycles. The van der Waals surface area contributed by atoms with Gasteiger partial charge < -0.3 is 15.2 Å². The van der Waals surface area contributed by atoms with Crippen LogP contribution in [-0.2, 0) is 19.6 Å². The quantitative estimate of drug-likeness (QED) is 0.737. The number of sulfonamides is 1. The molecule has 27 heavy (non-hydrogen) atoms. The summed E-state index contributed by atoms with van der Waals surface area (Å²) in [6.45, 7) is 3.14. The Kier molecular flexibility index (Phi) is 5.73. The van der Waals surface area contributed by atoms with Gasteiger partial charge in [-0.3, -0.25) is 4.79 Å². The van der Waals surface area contributed by atoms with E-state index >= 15 is 0 Å². The Labute approximate surface area is 158 Å². The van der Waals surface area contributed by atoms with Gasteiger partial charge in [0.25, 0.3) is 5.91 Å². The molecule has 1 aliphatic rings. The maximum absolute atomic E-state index is 12.6. The van der Waals surface area contributed by atoms with Crippen LogP contribution in [0.4, 0.5) is 5.69 Å². The van der Waals surface area contributed by atoms with Crippen LogP contribution in [0.2, 0.25) is 0 Å². The number of carbonyl (C=O) groups is 1. The van der Waals surface area contributed by atoms with E-state index in [1.165, 1.54) is 28.7 Å². The zero-order valence-corrected chi connectivity index (χ0v) is 15.7. The first-order valence-corrected chi connectivity index (χ1v) is 10.0. The van der Waals surface area contributed by atoms with Gasteiger partial charge in [0.1, 0.15) is 0 Å². The second-order valence-corrected chi connectivity index (χ2v) is 8.15. The van der Waals surface area contributed by atoms with Crippen LogP contribution < -0.4 is 9.88 Å². The SMILES string of the molecule is C[C@@H](C(=O)Nc1ccc(S(=O)(=O)N2CCOCC2)cc1)[n+]1cccc(O)c1. The summed E-state index contributed by atoms with van der Waals surface area (Å²) in [5.41, 5.74) is 0.494. The number of pyridine rings is 1. The van der Waals surface area contributed by atoms with E-state index in [1.54, 1.807) is 35.9 Å². The number of hydrogen-bond donors (Lipinski definition) is 2. The Morgan fingerprint density at radius 1 is 1.22 bits per heavy atom. The third-order valence-electron chi connectivity index (χ3n) is 4.36. The molecule has 0 radical (unpaired) electrons. The fourth-order valence-corrected chi connectivity index (χ4v) is 4.16. The van der Waals surface area contributed by atoms with Gasteiger partial charge >= 0.3 is 0 Å². The average molecular weight is 392 g/mol. The Morgan fingerprint density at radius 2 is 1.89 bits per heavy atom. The third kappa shape index (κ3) is 4.44. The van der Waals surface area contributed by atoms with E-state index in [0.29, 0.717) is 32.0 Å². The first kappa shape index (κ1) is 19.3. The number of anilines is 1. The fourth-order valence-electron chi connectivity index (χ4n) is 2.75. The lowest BCUT2D eigenvalue weighted by Crippen LogP contribution is -2.43. The number of amides is 1. The van der Waals surface area contributed by atoms with Gasteiger partial charge in [0.2, 0.25) is 22.3 Å². The number of hydrogen-bond acceptors (Lipinski definition) is 5. The van der Waals surface area contributed by atoms with Crippen molar-refractivity contribution >= 4 is 21.6 Å². The molecule has 2 heterocycles. The molecule has 0 bridgehead atoms. The molecule has 0 unspecified atom stereocenters.